The lowest BCUT2D eigenvalue weighted by molar-refractivity contribution is -0.140. The number of alkyl halides is 3. The lowest BCUT2D eigenvalue weighted by Gasteiger charge is -2.24. The van der Waals surface area contributed by atoms with Crippen LogP contribution >= 0.6 is 11.6 Å². The van der Waals surface area contributed by atoms with Gasteiger partial charge in [-0.1, -0.05) is 11.6 Å². The van der Waals surface area contributed by atoms with Gasteiger partial charge >= 0.3 is 12.1 Å². The van der Waals surface area contributed by atoms with Crippen molar-refractivity contribution in [3.63, 3.8) is 0 Å². The van der Waals surface area contributed by atoms with E-state index in [0.717, 1.165) is 18.2 Å². The number of carbonyl (C=O) groups is 2. The highest BCUT2D eigenvalue weighted by Gasteiger charge is 2.54. The predicted octanol–water partition coefficient (Wildman–Crippen LogP) is 3.32. The van der Waals surface area contributed by atoms with E-state index in [1.54, 1.807) is 0 Å². The van der Waals surface area contributed by atoms with Gasteiger partial charge in [0.2, 0.25) is 5.91 Å². The van der Waals surface area contributed by atoms with Crippen molar-refractivity contribution in [2.45, 2.75) is 30.9 Å². The van der Waals surface area contributed by atoms with Crippen LogP contribution in [-0.2, 0) is 21.2 Å². The molecule has 2 rings (SSSR count). The number of carboxylic acids is 1. The maximum absolute atomic E-state index is 12.9. The van der Waals surface area contributed by atoms with Gasteiger partial charge in [-0.3, -0.25) is 9.59 Å². The maximum atomic E-state index is 12.9. The fraction of sp³-hybridized carbons (Fsp3) is 0.467. The predicted molar refractivity (Wildman–Crippen MR) is 77.3 cm³/mol. The minimum Gasteiger partial charge on any atom is -0.481 e. The first kappa shape index (κ1) is 17.6. The number of carboxylic acid groups (broad SMARTS) is 1. The average Bonchev–Trinajstić information content (AvgIpc) is 3.24. The van der Waals surface area contributed by atoms with E-state index in [1.165, 1.54) is 11.9 Å². The van der Waals surface area contributed by atoms with Gasteiger partial charge in [-0.05, 0) is 36.6 Å². The van der Waals surface area contributed by atoms with E-state index >= 15 is 0 Å². The van der Waals surface area contributed by atoms with Gasteiger partial charge in [-0.25, -0.2) is 0 Å². The Morgan fingerprint density at radius 2 is 1.96 bits per heavy atom. The minimum atomic E-state index is -4.52. The van der Waals surface area contributed by atoms with E-state index in [2.05, 4.69) is 0 Å². The third-order valence-electron chi connectivity index (χ3n) is 3.98. The first-order valence-electron chi connectivity index (χ1n) is 6.92. The molecule has 23 heavy (non-hydrogen) atoms. The molecule has 1 N–H and O–H groups in total. The zero-order chi connectivity index (χ0) is 17.4. The van der Waals surface area contributed by atoms with Crippen molar-refractivity contribution in [3.05, 3.63) is 34.3 Å². The van der Waals surface area contributed by atoms with Crippen molar-refractivity contribution in [2.75, 3.05) is 13.6 Å². The van der Waals surface area contributed by atoms with Gasteiger partial charge in [-0.15, -0.1) is 0 Å². The van der Waals surface area contributed by atoms with E-state index in [0.29, 0.717) is 12.8 Å². The molecule has 0 aromatic heterocycles. The average molecular weight is 350 g/mol. The van der Waals surface area contributed by atoms with E-state index in [9.17, 15) is 22.8 Å². The Balaban J connectivity index is 2.30. The van der Waals surface area contributed by atoms with Crippen LogP contribution in [0.5, 0.6) is 0 Å². The highest BCUT2D eigenvalue weighted by molar-refractivity contribution is 6.32. The van der Waals surface area contributed by atoms with E-state index in [4.69, 9.17) is 16.7 Å². The quantitative estimate of drug-likeness (QED) is 0.887. The van der Waals surface area contributed by atoms with E-state index in [1.807, 2.05) is 0 Å². The molecule has 0 spiro atoms. The van der Waals surface area contributed by atoms with Crippen LogP contribution in [0.3, 0.4) is 0 Å². The maximum Gasteiger partial charge on any atom is 0.416 e. The molecule has 1 amide bonds. The zero-order valence-electron chi connectivity index (χ0n) is 12.3. The van der Waals surface area contributed by atoms with Crippen molar-refractivity contribution < 1.29 is 27.9 Å². The van der Waals surface area contributed by atoms with Crippen LogP contribution in [0.15, 0.2) is 18.2 Å². The fourth-order valence-corrected chi connectivity index (χ4v) is 2.82. The lowest BCUT2D eigenvalue weighted by Crippen LogP contribution is -2.38. The van der Waals surface area contributed by atoms with Crippen molar-refractivity contribution in [3.8, 4) is 0 Å². The molecule has 0 aliphatic heterocycles. The van der Waals surface area contributed by atoms with Gasteiger partial charge in [0.1, 0.15) is 0 Å². The third kappa shape index (κ3) is 3.60. The number of aliphatic carboxylic acids is 1. The Labute approximate surface area is 135 Å². The Morgan fingerprint density at radius 1 is 1.35 bits per heavy atom. The Morgan fingerprint density at radius 3 is 2.43 bits per heavy atom. The summed E-state index contributed by atoms with van der Waals surface area (Å²) >= 11 is 6.01. The number of hydrogen-bond donors (Lipinski definition) is 1. The van der Waals surface area contributed by atoms with Crippen molar-refractivity contribution >= 4 is 23.5 Å². The topological polar surface area (TPSA) is 57.6 Å². The van der Waals surface area contributed by atoms with Crippen LogP contribution in [0.25, 0.3) is 0 Å². The van der Waals surface area contributed by atoms with Gasteiger partial charge in [0.05, 0.1) is 17.4 Å². The molecule has 0 atom stereocenters. The summed E-state index contributed by atoms with van der Waals surface area (Å²) in [5.74, 6) is -1.45. The highest BCUT2D eigenvalue weighted by atomic mass is 35.5. The number of nitrogens with zero attached hydrogens (tertiary/aromatic N) is 1. The second kappa shape index (κ2) is 6.03. The summed E-state index contributed by atoms with van der Waals surface area (Å²) in [6.45, 7) is -0.00744. The first-order valence-corrected chi connectivity index (χ1v) is 7.30. The Bertz CT molecular complexity index is 641. The van der Waals surface area contributed by atoms with Gasteiger partial charge in [0.25, 0.3) is 0 Å². The lowest BCUT2D eigenvalue weighted by atomic mass is 9.92. The number of halogens is 4. The van der Waals surface area contributed by atoms with Crippen LogP contribution in [0.2, 0.25) is 5.02 Å². The van der Waals surface area contributed by atoms with Gasteiger partial charge < -0.3 is 10.0 Å². The molecule has 0 saturated heterocycles. The molecule has 1 aliphatic carbocycles. The normalized spacial score (nSPS) is 16.0. The van der Waals surface area contributed by atoms with Crippen LogP contribution in [-0.4, -0.2) is 35.5 Å². The van der Waals surface area contributed by atoms with Crippen molar-refractivity contribution in [2.24, 2.45) is 0 Å². The molecule has 0 radical (unpaired) electrons. The van der Waals surface area contributed by atoms with Crippen LogP contribution in [0.4, 0.5) is 13.2 Å². The summed E-state index contributed by atoms with van der Waals surface area (Å²) in [7, 11) is 1.44. The second-order valence-corrected chi connectivity index (χ2v) is 6.05. The van der Waals surface area contributed by atoms with E-state index in [-0.39, 0.29) is 23.6 Å². The fourth-order valence-electron chi connectivity index (χ4n) is 2.52. The minimum absolute atomic E-state index is 0.00744. The monoisotopic (exact) mass is 349 g/mol. The smallest absolute Gasteiger partial charge is 0.416 e. The number of rotatable bonds is 5. The molecule has 0 unspecified atom stereocenters. The summed E-state index contributed by atoms with van der Waals surface area (Å²) in [5.41, 5.74) is -1.78. The molecule has 0 bridgehead atoms. The van der Waals surface area contributed by atoms with Gasteiger partial charge in [0.15, 0.2) is 0 Å². The van der Waals surface area contributed by atoms with Gasteiger partial charge in [-0.2, -0.15) is 13.2 Å². The molecule has 126 valence electrons. The number of hydrogen-bond acceptors (Lipinski definition) is 2. The molecule has 8 heteroatoms. The SMILES string of the molecule is CN(CCC(=O)O)C(=O)C1(c2cc(C(F)(F)F)ccc2Cl)CC1. The van der Waals surface area contributed by atoms with E-state index < -0.39 is 29.0 Å². The molecule has 4 nitrogen and oxygen atoms in total. The molecule has 1 fully saturated rings. The number of amides is 1. The highest BCUT2D eigenvalue weighted by Crippen LogP contribution is 2.52. The molecule has 1 aromatic rings. The molecule has 1 aromatic carbocycles. The number of likely N-dealkylation sites (N-methyl/N-ethyl adjacent to an activating group) is 1. The molecule has 1 aliphatic rings. The van der Waals surface area contributed by atoms with Crippen molar-refractivity contribution in [1.82, 2.24) is 4.90 Å². The molecular weight excluding hydrogens is 335 g/mol. The first-order chi connectivity index (χ1) is 10.6. The summed E-state index contributed by atoms with van der Waals surface area (Å²) in [5, 5.41) is 8.77. The summed E-state index contributed by atoms with van der Waals surface area (Å²) in [6, 6.07) is 2.93. The second-order valence-electron chi connectivity index (χ2n) is 5.64. The van der Waals surface area contributed by atoms with Crippen LogP contribution in [0, 0.1) is 0 Å². The summed E-state index contributed by atoms with van der Waals surface area (Å²) in [4.78, 5) is 24.4. The zero-order valence-corrected chi connectivity index (χ0v) is 13.0. The van der Waals surface area contributed by atoms with Crippen LogP contribution < -0.4 is 0 Å². The standard InChI is InChI=1S/C15H15ClF3NO3/c1-20(7-4-12(21)22)13(23)14(5-6-14)10-8-9(15(17,18)19)2-3-11(10)16/h2-3,8H,4-7H2,1H3,(H,21,22). The Hall–Kier alpha value is -1.76. The van der Waals surface area contributed by atoms with Crippen molar-refractivity contribution in [1.29, 1.82) is 0 Å². The Kier molecular flexibility index (Phi) is 4.61. The number of benzene rings is 1. The number of carbonyl (C=O) groups excluding carboxylic acids is 1. The largest absolute Gasteiger partial charge is 0.481 e. The molecule has 0 heterocycles. The third-order valence-corrected chi connectivity index (χ3v) is 4.31. The van der Waals surface area contributed by atoms with Crippen LogP contribution in [0.1, 0.15) is 30.4 Å². The van der Waals surface area contributed by atoms with Gasteiger partial charge in [0, 0.05) is 18.6 Å². The summed E-state index contributed by atoms with van der Waals surface area (Å²) in [6.07, 6.45) is -3.96. The summed E-state index contributed by atoms with van der Waals surface area (Å²) < 4.78 is 38.6. The molecule has 1 saturated carbocycles. The molecular formula is C15H15ClF3NO3.